The minimum absolute atomic E-state index is 0.225. The third-order valence-electron chi connectivity index (χ3n) is 3.49. The van der Waals surface area contributed by atoms with E-state index in [-0.39, 0.29) is 5.92 Å². The number of sulfonamides is 1. The SMILES string of the molecule is COc1ccccc1OC[C@@H]1CCCN(S(C)(=O)=O)C1. The molecule has 0 aromatic heterocycles. The van der Waals surface area contributed by atoms with Crippen LogP contribution in [0.15, 0.2) is 24.3 Å². The van der Waals surface area contributed by atoms with Gasteiger partial charge in [-0.2, -0.15) is 0 Å². The van der Waals surface area contributed by atoms with Crippen molar-refractivity contribution in [3.63, 3.8) is 0 Å². The lowest BCUT2D eigenvalue weighted by molar-refractivity contribution is 0.177. The third-order valence-corrected chi connectivity index (χ3v) is 4.76. The monoisotopic (exact) mass is 299 g/mol. The number of rotatable bonds is 5. The van der Waals surface area contributed by atoms with Crippen LogP contribution in [0.5, 0.6) is 11.5 Å². The summed E-state index contributed by atoms with van der Waals surface area (Å²) in [5.74, 6) is 1.62. The quantitative estimate of drug-likeness (QED) is 0.831. The second-order valence-electron chi connectivity index (χ2n) is 5.09. The van der Waals surface area contributed by atoms with Crippen molar-refractivity contribution in [1.82, 2.24) is 4.31 Å². The van der Waals surface area contributed by atoms with Gasteiger partial charge in [-0.25, -0.2) is 12.7 Å². The molecule has 0 saturated carbocycles. The molecule has 1 fully saturated rings. The first-order chi connectivity index (χ1) is 9.50. The Bertz CT molecular complexity index is 544. The highest BCUT2D eigenvalue weighted by Gasteiger charge is 2.26. The highest BCUT2D eigenvalue weighted by atomic mass is 32.2. The molecule has 0 unspecified atom stereocenters. The van der Waals surface area contributed by atoms with Crippen LogP contribution >= 0.6 is 0 Å². The number of nitrogens with zero attached hydrogens (tertiary/aromatic N) is 1. The van der Waals surface area contributed by atoms with Crippen LogP contribution in [0.25, 0.3) is 0 Å². The molecule has 1 aromatic carbocycles. The third kappa shape index (κ3) is 3.86. The van der Waals surface area contributed by atoms with Gasteiger partial charge in [0, 0.05) is 19.0 Å². The van der Waals surface area contributed by atoms with E-state index in [0.717, 1.165) is 12.8 Å². The zero-order chi connectivity index (χ0) is 14.6. The van der Waals surface area contributed by atoms with Crippen molar-refractivity contribution in [2.24, 2.45) is 5.92 Å². The van der Waals surface area contributed by atoms with E-state index in [4.69, 9.17) is 9.47 Å². The molecule has 0 aliphatic carbocycles. The minimum atomic E-state index is -3.10. The number of hydrogen-bond donors (Lipinski definition) is 0. The molecule has 0 bridgehead atoms. The van der Waals surface area contributed by atoms with E-state index in [0.29, 0.717) is 31.2 Å². The van der Waals surface area contributed by atoms with Gasteiger partial charge < -0.3 is 9.47 Å². The van der Waals surface area contributed by atoms with Gasteiger partial charge in [-0.05, 0) is 25.0 Å². The fourth-order valence-corrected chi connectivity index (χ4v) is 3.35. The zero-order valence-corrected chi connectivity index (χ0v) is 12.7. The van der Waals surface area contributed by atoms with Crippen molar-refractivity contribution in [3.8, 4) is 11.5 Å². The van der Waals surface area contributed by atoms with Crippen molar-refractivity contribution in [2.45, 2.75) is 12.8 Å². The van der Waals surface area contributed by atoms with E-state index in [1.807, 2.05) is 24.3 Å². The van der Waals surface area contributed by atoms with Gasteiger partial charge in [-0.15, -0.1) is 0 Å². The predicted molar refractivity (Wildman–Crippen MR) is 77.6 cm³/mol. The Balaban J connectivity index is 1.94. The summed E-state index contributed by atoms with van der Waals surface area (Å²) in [6.45, 7) is 1.66. The van der Waals surface area contributed by atoms with E-state index in [1.165, 1.54) is 10.6 Å². The largest absolute Gasteiger partial charge is 0.493 e. The Morgan fingerprint density at radius 1 is 1.30 bits per heavy atom. The number of ether oxygens (including phenoxy) is 2. The molecule has 2 rings (SSSR count). The molecule has 5 nitrogen and oxygen atoms in total. The summed E-state index contributed by atoms with van der Waals surface area (Å²) in [6.07, 6.45) is 3.13. The number of benzene rings is 1. The number of para-hydroxylation sites is 2. The summed E-state index contributed by atoms with van der Waals surface area (Å²) in [4.78, 5) is 0. The highest BCUT2D eigenvalue weighted by molar-refractivity contribution is 7.88. The molecule has 1 atom stereocenters. The molecule has 0 radical (unpaired) electrons. The van der Waals surface area contributed by atoms with Crippen molar-refractivity contribution < 1.29 is 17.9 Å². The van der Waals surface area contributed by atoms with E-state index in [1.54, 1.807) is 7.11 Å². The van der Waals surface area contributed by atoms with Gasteiger partial charge in [0.25, 0.3) is 0 Å². The van der Waals surface area contributed by atoms with Crippen molar-refractivity contribution in [2.75, 3.05) is 33.1 Å². The molecule has 1 aliphatic rings. The van der Waals surface area contributed by atoms with Gasteiger partial charge in [-0.1, -0.05) is 12.1 Å². The average molecular weight is 299 g/mol. The van der Waals surface area contributed by atoms with E-state index < -0.39 is 10.0 Å². The van der Waals surface area contributed by atoms with E-state index in [2.05, 4.69) is 0 Å². The summed E-state index contributed by atoms with van der Waals surface area (Å²) >= 11 is 0. The fraction of sp³-hybridized carbons (Fsp3) is 0.571. The molecule has 0 N–H and O–H groups in total. The maximum atomic E-state index is 11.6. The van der Waals surface area contributed by atoms with Gasteiger partial charge >= 0.3 is 0 Å². The fourth-order valence-electron chi connectivity index (χ4n) is 2.41. The first-order valence-corrected chi connectivity index (χ1v) is 8.56. The molecule has 1 saturated heterocycles. The lowest BCUT2D eigenvalue weighted by Gasteiger charge is -2.30. The first-order valence-electron chi connectivity index (χ1n) is 6.71. The van der Waals surface area contributed by atoms with Crippen LogP contribution in [0.4, 0.5) is 0 Å². The van der Waals surface area contributed by atoms with Crippen molar-refractivity contribution in [3.05, 3.63) is 24.3 Å². The molecule has 0 spiro atoms. The van der Waals surface area contributed by atoms with Crippen LogP contribution in [0.2, 0.25) is 0 Å². The van der Waals surface area contributed by atoms with E-state index >= 15 is 0 Å². The summed E-state index contributed by atoms with van der Waals surface area (Å²) in [6, 6.07) is 7.48. The summed E-state index contributed by atoms with van der Waals surface area (Å²) in [5, 5.41) is 0. The number of hydrogen-bond acceptors (Lipinski definition) is 4. The standard InChI is InChI=1S/C14H21NO4S/c1-18-13-7-3-4-8-14(13)19-11-12-6-5-9-15(10-12)20(2,16)17/h3-4,7-8,12H,5-6,9-11H2,1-2H3/t12-/m1/s1. The van der Waals surface area contributed by atoms with Gasteiger partial charge in [0.1, 0.15) is 0 Å². The Labute approximate surface area is 120 Å². The predicted octanol–water partition coefficient (Wildman–Crippen LogP) is 1.75. The summed E-state index contributed by atoms with van der Waals surface area (Å²) in [7, 11) is -1.50. The molecule has 1 aromatic rings. The molecule has 20 heavy (non-hydrogen) atoms. The number of methoxy groups -OCH3 is 1. The molecule has 1 heterocycles. The first kappa shape index (κ1) is 15.1. The average Bonchev–Trinajstić information content (AvgIpc) is 2.45. The Morgan fingerprint density at radius 3 is 2.65 bits per heavy atom. The molecular weight excluding hydrogens is 278 g/mol. The van der Waals surface area contributed by atoms with E-state index in [9.17, 15) is 8.42 Å². The number of piperidine rings is 1. The lowest BCUT2D eigenvalue weighted by Crippen LogP contribution is -2.40. The Morgan fingerprint density at radius 2 is 2.00 bits per heavy atom. The van der Waals surface area contributed by atoms with Crippen molar-refractivity contribution >= 4 is 10.0 Å². The summed E-state index contributed by atoms with van der Waals surface area (Å²) < 4.78 is 35.7. The van der Waals surface area contributed by atoms with Crippen molar-refractivity contribution in [1.29, 1.82) is 0 Å². The van der Waals surface area contributed by atoms with Crippen LogP contribution < -0.4 is 9.47 Å². The zero-order valence-electron chi connectivity index (χ0n) is 11.9. The van der Waals surface area contributed by atoms with Crippen LogP contribution in [0.1, 0.15) is 12.8 Å². The normalized spacial score (nSPS) is 20.6. The maximum Gasteiger partial charge on any atom is 0.211 e. The van der Waals surface area contributed by atoms with Crippen LogP contribution in [-0.4, -0.2) is 45.8 Å². The summed E-state index contributed by atoms with van der Waals surface area (Å²) in [5.41, 5.74) is 0. The van der Waals surface area contributed by atoms with Gasteiger partial charge in [0.2, 0.25) is 10.0 Å². The molecule has 1 aliphatic heterocycles. The molecular formula is C14H21NO4S. The Hall–Kier alpha value is -1.27. The second kappa shape index (κ2) is 6.45. The second-order valence-corrected chi connectivity index (χ2v) is 7.07. The van der Waals surface area contributed by atoms with Gasteiger partial charge in [0.05, 0.1) is 20.0 Å². The molecule has 6 heteroatoms. The topological polar surface area (TPSA) is 55.8 Å². The van der Waals surface area contributed by atoms with Crippen LogP contribution in [-0.2, 0) is 10.0 Å². The minimum Gasteiger partial charge on any atom is -0.493 e. The molecule has 0 amide bonds. The maximum absolute atomic E-state index is 11.6. The van der Waals surface area contributed by atoms with Gasteiger partial charge in [-0.3, -0.25) is 0 Å². The lowest BCUT2D eigenvalue weighted by atomic mass is 10.0. The Kier molecular flexibility index (Phi) is 4.88. The highest BCUT2D eigenvalue weighted by Crippen LogP contribution is 2.27. The van der Waals surface area contributed by atoms with Crippen LogP contribution in [0.3, 0.4) is 0 Å². The van der Waals surface area contributed by atoms with Gasteiger partial charge in [0.15, 0.2) is 11.5 Å². The van der Waals surface area contributed by atoms with Crippen LogP contribution in [0, 0.1) is 5.92 Å². The smallest absolute Gasteiger partial charge is 0.211 e. The molecule has 112 valence electrons.